The summed E-state index contributed by atoms with van der Waals surface area (Å²) in [5, 5.41) is 2.55. The Labute approximate surface area is 118 Å². The van der Waals surface area contributed by atoms with Crippen LogP contribution in [-0.4, -0.2) is 29.5 Å². The maximum atomic E-state index is 13.1. The van der Waals surface area contributed by atoms with Crippen LogP contribution in [0.5, 0.6) is 0 Å². The van der Waals surface area contributed by atoms with Gasteiger partial charge >= 0.3 is 5.97 Å². The van der Waals surface area contributed by atoms with E-state index in [-0.39, 0.29) is 12.1 Å². The normalized spacial score (nSPS) is 11.8. The van der Waals surface area contributed by atoms with Crippen molar-refractivity contribution in [1.82, 2.24) is 5.32 Å². The summed E-state index contributed by atoms with van der Waals surface area (Å²) in [7, 11) is 1.28. The molecule has 0 bridgehead atoms. The first kappa shape index (κ1) is 14.9. The summed E-state index contributed by atoms with van der Waals surface area (Å²) in [6.45, 7) is 1.84. The number of aryl methyl sites for hydroxylation is 1. The van der Waals surface area contributed by atoms with Crippen molar-refractivity contribution >= 4 is 34.5 Å². The maximum absolute atomic E-state index is 13.1. The van der Waals surface area contributed by atoms with Crippen molar-refractivity contribution in [2.75, 3.05) is 13.7 Å². The van der Waals surface area contributed by atoms with Gasteiger partial charge in [-0.2, -0.15) is 0 Å². The molecule has 1 atom stereocenters. The van der Waals surface area contributed by atoms with Crippen LogP contribution in [0.3, 0.4) is 0 Å². The molecule has 4 nitrogen and oxygen atoms in total. The molecule has 1 unspecified atom stereocenters. The van der Waals surface area contributed by atoms with Crippen LogP contribution >= 0.6 is 22.6 Å². The topological polar surface area (TPSA) is 55.4 Å². The van der Waals surface area contributed by atoms with Crippen molar-refractivity contribution in [3.63, 3.8) is 0 Å². The third-order valence-electron chi connectivity index (χ3n) is 2.20. The van der Waals surface area contributed by atoms with Gasteiger partial charge in [-0.15, -0.1) is 0 Å². The minimum absolute atomic E-state index is 0.141. The fourth-order valence-corrected chi connectivity index (χ4v) is 1.84. The zero-order chi connectivity index (χ0) is 13.7. The quantitative estimate of drug-likeness (QED) is 0.503. The molecule has 0 saturated carbocycles. The number of hydrogen-bond acceptors (Lipinski definition) is 3. The minimum atomic E-state index is -0.466. The van der Waals surface area contributed by atoms with Crippen molar-refractivity contribution in [2.45, 2.75) is 10.8 Å². The van der Waals surface area contributed by atoms with Crippen LogP contribution < -0.4 is 5.32 Å². The van der Waals surface area contributed by atoms with E-state index in [9.17, 15) is 14.0 Å². The van der Waals surface area contributed by atoms with Crippen LogP contribution in [0.15, 0.2) is 18.2 Å². The Hall–Kier alpha value is -1.18. The van der Waals surface area contributed by atoms with E-state index in [0.717, 1.165) is 6.07 Å². The molecular formula is C12H13FINO3. The highest BCUT2D eigenvalue weighted by Crippen LogP contribution is 2.08. The highest BCUT2D eigenvalue weighted by molar-refractivity contribution is 14.1. The van der Waals surface area contributed by atoms with E-state index in [4.69, 9.17) is 0 Å². The summed E-state index contributed by atoms with van der Waals surface area (Å²) >= 11 is 1.87. The number of esters is 1. The van der Waals surface area contributed by atoms with Crippen molar-refractivity contribution in [2.24, 2.45) is 0 Å². The zero-order valence-corrected chi connectivity index (χ0v) is 12.2. The molecule has 0 heterocycles. The number of amides is 1. The lowest BCUT2D eigenvalue weighted by Crippen LogP contribution is -2.33. The van der Waals surface area contributed by atoms with Gasteiger partial charge in [0.15, 0.2) is 0 Å². The number of benzene rings is 1. The molecule has 0 aliphatic rings. The van der Waals surface area contributed by atoms with Gasteiger partial charge < -0.3 is 10.1 Å². The van der Waals surface area contributed by atoms with Gasteiger partial charge in [-0.3, -0.25) is 9.59 Å². The molecular weight excluding hydrogens is 352 g/mol. The Bertz CT molecular complexity index is 444. The predicted octanol–water partition coefficient (Wildman–Crippen LogP) is 1.84. The Morgan fingerprint density at radius 2 is 2.11 bits per heavy atom. The van der Waals surface area contributed by atoms with Crippen molar-refractivity contribution in [3.8, 4) is 0 Å². The molecule has 1 aromatic carbocycles. The number of nitrogens with one attached hydrogen (secondary N) is 1. The SMILES string of the molecule is COC(=O)C(I)CNC(=O)c1cc(C)cc(F)c1. The van der Waals surface area contributed by atoms with Gasteiger partial charge in [0.1, 0.15) is 9.74 Å². The highest BCUT2D eigenvalue weighted by atomic mass is 127. The number of halogens is 2. The Morgan fingerprint density at radius 1 is 1.44 bits per heavy atom. The molecule has 1 rings (SSSR count). The zero-order valence-electron chi connectivity index (χ0n) is 10.00. The molecule has 0 radical (unpaired) electrons. The number of alkyl halides is 1. The minimum Gasteiger partial charge on any atom is -0.468 e. The molecule has 0 spiro atoms. The molecule has 0 fully saturated rings. The largest absolute Gasteiger partial charge is 0.468 e. The summed E-state index contributed by atoms with van der Waals surface area (Å²) in [6, 6.07) is 4.08. The van der Waals surface area contributed by atoms with Gasteiger partial charge in [-0.25, -0.2) is 4.39 Å². The van der Waals surface area contributed by atoms with E-state index in [1.807, 2.05) is 22.6 Å². The van der Waals surface area contributed by atoms with Crippen LogP contribution in [0.25, 0.3) is 0 Å². The van der Waals surface area contributed by atoms with Crippen LogP contribution in [0.2, 0.25) is 0 Å². The molecule has 1 aromatic rings. The first-order chi connectivity index (χ1) is 8.43. The second kappa shape index (κ2) is 6.67. The van der Waals surface area contributed by atoms with Crippen molar-refractivity contribution in [3.05, 3.63) is 35.1 Å². The lowest BCUT2D eigenvalue weighted by molar-refractivity contribution is -0.139. The fourth-order valence-electron chi connectivity index (χ4n) is 1.36. The molecule has 0 aliphatic carbocycles. The number of ether oxygens (including phenoxy) is 1. The second-order valence-corrected chi connectivity index (χ2v) is 5.22. The van der Waals surface area contributed by atoms with Gasteiger partial charge in [0.25, 0.3) is 5.91 Å². The first-order valence-electron chi connectivity index (χ1n) is 5.21. The summed E-state index contributed by atoms with van der Waals surface area (Å²) in [5.74, 6) is -1.28. The number of carbonyl (C=O) groups is 2. The number of rotatable bonds is 4. The van der Waals surface area contributed by atoms with E-state index in [1.165, 1.54) is 13.2 Å². The van der Waals surface area contributed by atoms with Crippen LogP contribution in [0.4, 0.5) is 4.39 Å². The molecule has 0 aromatic heterocycles. The molecule has 1 N–H and O–H groups in total. The third-order valence-corrected chi connectivity index (χ3v) is 3.15. The maximum Gasteiger partial charge on any atom is 0.320 e. The van der Waals surface area contributed by atoms with E-state index in [0.29, 0.717) is 5.56 Å². The Balaban J connectivity index is 2.63. The molecule has 98 valence electrons. The molecule has 18 heavy (non-hydrogen) atoms. The van der Waals surface area contributed by atoms with Crippen LogP contribution in [0.1, 0.15) is 15.9 Å². The van der Waals surface area contributed by atoms with Gasteiger partial charge in [0, 0.05) is 12.1 Å². The van der Waals surface area contributed by atoms with E-state index >= 15 is 0 Å². The molecule has 6 heteroatoms. The lowest BCUT2D eigenvalue weighted by Gasteiger charge is -2.09. The standard InChI is InChI=1S/C12H13FINO3/c1-7-3-8(5-9(13)4-7)11(16)15-6-10(14)12(17)18-2/h3-5,10H,6H2,1-2H3,(H,15,16). The summed E-state index contributed by atoms with van der Waals surface area (Å²) in [5.41, 5.74) is 0.903. The van der Waals surface area contributed by atoms with Gasteiger partial charge in [0.05, 0.1) is 7.11 Å². The average Bonchev–Trinajstić information content (AvgIpc) is 2.33. The van der Waals surface area contributed by atoms with Crippen molar-refractivity contribution < 1.29 is 18.7 Å². The van der Waals surface area contributed by atoms with E-state index < -0.39 is 21.6 Å². The van der Waals surface area contributed by atoms with E-state index in [2.05, 4.69) is 10.1 Å². The molecule has 0 saturated heterocycles. The molecule has 1 amide bonds. The fraction of sp³-hybridized carbons (Fsp3) is 0.333. The Morgan fingerprint density at radius 3 is 2.67 bits per heavy atom. The highest BCUT2D eigenvalue weighted by Gasteiger charge is 2.16. The van der Waals surface area contributed by atoms with Crippen LogP contribution in [-0.2, 0) is 9.53 Å². The average molecular weight is 365 g/mol. The number of methoxy groups -OCH3 is 1. The van der Waals surface area contributed by atoms with E-state index in [1.54, 1.807) is 13.0 Å². The summed E-state index contributed by atoms with van der Waals surface area (Å²) in [4.78, 5) is 22.9. The number of hydrogen-bond donors (Lipinski definition) is 1. The van der Waals surface area contributed by atoms with Crippen LogP contribution in [0, 0.1) is 12.7 Å². The Kier molecular flexibility index (Phi) is 5.52. The lowest BCUT2D eigenvalue weighted by atomic mass is 10.1. The van der Waals surface area contributed by atoms with Gasteiger partial charge in [0.2, 0.25) is 0 Å². The first-order valence-corrected chi connectivity index (χ1v) is 6.46. The monoisotopic (exact) mass is 365 g/mol. The molecule has 0 aliphatic heterocycles. The second-order valence-electron chi connectivity index (χ2n) is 3.72. The predicted molar refractivity (Wildman–Crippen MR) is 73.3 cm³/mol. The third kappa shape index (κ3) is 4.25. The smallest absolute Gasteiger partial charge is 0.320 e. The number of carbonyl (C=O) groups excluding carboxylic acids is 2. The summed E-state index contributed by atoms with van der Waals surface area (Å²) in [6.07, 6.45) is 0. The van der Waals surface area contributed by atoms with Gasteiger partial charge in [-0.1, -0.05) is 22.6 Å². The van der Waals surface area contributed by atoms with Crippen molar-refractivity contribution in [1.29, 1.82) is 0 Å². The summed E-state index contributed by atoms with van der Waals surface area (Å²) < 4.78 is 17.2. The van der Waals surface area contributed by atoms with Gasteiger partial charge in [-0.05, 0) is 30.7 Å².